The fraction of sp³-hybridized carbons (Fsp3) is 0.308. The van der Waals surface area contributed by atoms with Crippen LogP contribution in [0.5, 0.6) is 5.75 Å². The molecule has 18 heavy (non-hydrogen) atoms. The lowest BCUT2D eigenvalue weighted by Crippen LogP contribution is -2.01. The van der Waals surface area contributed by atoms with Gasteiger partial charge in [-0.2, -0.15) is 0 Å². The molecule has 1 N–H and O–H groups in total. The van der Waals surface area contributed by atoms with Crippen LogP contribution in [0.1, 0.15) is 18.9 Å². The Morgan fingerprint density at radius 3 is 3.00 bits per heavy atom. The molecule has 0 saturated heterocycles. The van der Waals surface area contributed by atoms with Gasteiger partial charge in [0.25, 0.3) is 0 Å². The number of aromatic nitrogens is 2. The molecule has 0 unspecified atom stereocenters. The van der Waals surface area contributed by atoms with Crippen LogP contribution in [0.2, 0.25) is 0 Å². The Kier molecular flexibility index (Phi) is 2.66. The molecular weight excluding hydrogens is 233 g/mol. The number of nitrogens with one attached hydrogen (secondary N) is 1. The first kappa shape index (κ1) is 11.1. The summed E-state index contributed by atoms with van der Waals surface area (Å²) in [5.74, 6) is 0.643. The predicted octanol–water partition coefficient (Wildman–Crippen LogP) is 3.11. The van der Waals surface area contributed by atoms with Crippen LogP contribution >= 0.6 is 0 Å². The Morgan fingerprint density at radius 2 is 2.28 bits per heavy atom. The molecule has 0 radical (unpaired) electrons. The van der Waals surface area contributed by atoms with E-state index in [9.17, 15) is 4.39 Å². The summed E-state index contributed by atoms with van der Waals surface area (Å²) in [6.45, 7) is 0. The van der Waals surface area contributed by atoms with E-state index in [0.29, 0.717) is 6.04 Å². The van der Waals surface area contributed by atoms with E-state index in [1.165, 1.54) is 26.0 Å². The third-order valence-corrected chi connectivity index (χ3v) is 3.02. The number of anilines is 2. The molecule has 0 amide bonds. The van der Waals surface area contributed by atoms with Gasteiger partial charge in [0.1, 0.15) is 0 Å². The minimum absolute atomic E-state index is 0.226. The molecular formula is C13H14FN3O. The molecule has 3 rings (SSSR count). The Balaban J connectivity index is 1.85. The molecule has 94 valence electrons. The fourth-order valence-corrected chi connectivity index (χ4v) is 1.92. The summed E-state index contributed by atoms with van der Waals surface area (Å²) in [5.41, 5.74) is 0.765. The van der Waals surface area contributed by atoms with E-state index < -0.39 is 0 Å². The summed E-state index contributed by atoms with van der Waals surface area (Å²) in [6, 6.07) is 5.23. The van der Waals surface area contributed by atoms with E-state index in [1.807, 2.05) is 6.20 Å². The monoisotopic (exact) mass is 247 g/mol. The number of hydrogen-bond donors (Lipinski definition) is 1. The molecule has 1 aromatic carbocycles. The lowest BCUT2D eigenvalue weighted by atomic mass is 10.3. The summed E-state index contributed by atoms with van der Waals surface area (Å²) >= 11 is 0. The average Bonchev–Trinajstić information content (AvgIpc) is 3.12. The quantitative estimate of drug-likeness (QED) is 0.902. The minimum Gasteiger partial charge on any atom is -0.494 e. The summed E-state index contributed by atoms with van der Waals surface area (Å²) in [4.78, 5) is 4.27. The molecule has 0 spiro atoms. The van der Waals surface area contributed by atoms with Gasteiger partial charge in [0.15, 0.2) is 11.6 Å². The van der Waals surface area contributed by atoms with Gasteiger partial charge < -0.3 is 14.6 Å². The van der Waals surface area contributed by atoms with Crippen molar-refractivity contribution in [3.63, 3.8) is 0 Å². The van der Waals surface area contributed by atoms with Crippen LogP contribution in [0.15, 0.2) is 30.6 Å². The molecule has 0 aliphatic heterocycles. The van der Waals surface area contributed by atoms with Gasteiger partial charge in [-0.1, -0.05) is 0 Å². The first-order valence-electron chi connectivity index (χ1n) is 5.91. The lowest BCUT2D eigenvalue weighted by Gasteiger charge is -2.10. The first-order chi connectivity index (χ1) is 8.78. The highest BCUT2D eigenvalue weighted by Gasteiger charge is 2.25. The maximum atomic E-state index is 13.3. The molecule has 1 fully saturated rings. The highest BCUT2D eigenvalue weighted by atomic mass is 19.1. The topological polar surface area (TPSA) is 39.1 Å². The zero-order valence-electron chi connectivity index (χ0n) is 10.1. The second-order valence-corrected chi connectivity index (χ2v) is 4.36. The van der Waals surface area contributed by atoms with Gasteiger partial charge in [-0.05, 0) is 25.0 Å². The van der Waals surface area contributed by atoms with Crippen LogP contribution in [0.3, 0.4) is 0 Å². The van der Waals surface area contributed by atoms with Crippen LogP contribution in [0, 0.1) is 5.82 Å². The molecule has 1 aliphatic carbocycles. The van der Waals surface area contributed by atoms with Gasteiger partial charge >= 0.3 is 0 Å². The van der Waals surface area contributed by atoms with E-state index in [2.05, 4.69) is 14.9 Å². The molecule has 0 bridgehead atoms. The number of methoxy groups -OCH3 is 1. The number of imidazole rings is 1. The zero-order chi connectivity index (χ0) is 12.5. The lowest BCUT2D eigenvalue weighted by molar-refractivity contribution is 0.387. The van der Waals surface area contributed by atoms with Crippen molar-refractivity contribution in [2.24, 2.45) is 0 Å². The maximum absolute atomic E-state index is 13.3. The third kappa shape index (κ3) is 2.03. The van der Waals surface area contributed by atoms with Crippen LogP contribution in [-0.2, 0) is 0 Å². The first-order valence-corrected chi connectivity index (χ1v) is 5.91. The SMILES string of the molecule is COc1cc(Nc2nccn2C2CC2)ccc1F. The van der Waals surface area contributed by atoms with E-state index in [4.69, 9.17) is 4.74 Å². The number of ether oxygens (including phenoxy) is 1. The highest BCUT2D eigenvalue weighted by Crippen LogP contribution is 2.37. The predicted molar refractivity (Wildman–Crippen MR) is 66.7 cm³/mol. The Hall–Kier alpha value is -2.04. The molecule has 1 heterocycles. The number of rotatable bonds is 4. The van der Waals surface area contributed by atoms with E-state index in [-0.39, 0.29) is 11.6 Å². The van der Waals surface area contributed by atoms with Crippen molar-refractivity contribution in [1.29, 1.82) is 0 Å². The van der Waals surface area contributed by atoms with Crippen LogP contribution in [0.4, 0.5) is 16.0 Å². The van der Waals surface area contributed by atoms with Crippen molar-refractivity contribution in [3.05, 3.63) is 36.4 Å². The van der Waals surface area contributed by atoms with Crippen LogP contribution in [0.25, 0.3) is 0 Å². The molecule has 1 saturated carbocycles. The van der Waals surface area contributed by atoms with E-state index in [1.54, 1.807) is 18.3 Å². The number of nitrogens with zero attached hydrogens (tertiary/aromatic N) is 2. The van der Waals surface area contributed by atoms with Gasteiger partial charge in [-0.15, -0.1) is 0 Å². The summed E-state index contributed by atoms with van der Waals surface area (Å²) in [6.07, 6.45) is 6.11. The maximum Gasteiger partial charge on any atom is 0.207 e. The molecule has 5 heteroatoms. The molecule has 4 nitrogen and oxygen atoms in total. The van der Waals surface area contributed by atoms with E-state index >= 15 is 0 Å². The van der Waals surface area contributed by atoms with Gasteiger partial charge in [0.2, 0.25) is 5.95 Å². The highest BCUT2D eigenvalue weighted by molar-refractivity contribution is 5.56. The van der Waals surface area contributed by atoms with Gasteiger partial charge in [-0.25, -0.2) is 9.37 Å². The number of halogens is 1. The summed E-state index contributed by atoms with van der Waals surface area (Å²) in [7, 11) is 1.45. The average molecular weight is 247 g/mol. The third-order valence-electron chi connectivity index (χ3n) is 3.02. The second kappa shape index (κ2) is 4.33. The van der Waals surface area contributed by atoms with Crippen molar-refractivity contribution in [1.82, 2.24) is 9.55 Å². The molecule has 2 aromatic rings. The van der Waals surface area contributed by atoms with Crippen LogP contribution < -0.4 is 10.1 Å². The molecule has 1 aromatic heterocycles. The molecule has 0 atom stereocenters. The Labute approximate surface area is 104 Å². The van der Waals surface area contributed by atoms with E-state index in [0.717, 1.165) is 11.6 Å². The van der Waals surface area contributed by atoms with Crippen LogP contribution in [-0.4, -0.2) is 16.7 Å². The Morgan fingerprint density at radius 1 is 1.44 bits per heavy atom. The summed E-state index contributed by atoms with van der Waals surface area (Å²) < 4.78 is 20.4. The van der Waals surface area contributed by atoms with Crippen molar-refractivity contribution in [2.75, 3.05) is 12.4 Å². The normalized spacial score (nSPS) is 14.6. The number of hydrogen-bond acceptors (Lipinski definition) is 3. The van der Waals surface area contributed by atoms with Gasteiger partial charge in [0, 0.05) is 30.2 Å². The largest absolute Gasteiger partial charge is 0.494 e. The second-order valence-electron chi connectivity index (χ2n) is 4.36. The smallest absolute Gasteiger partial charge is 0.207 e. The standard InChI is InChI=1S/C13H14FN3O/c1-18-12-8-9(2-5-11(12)14)16-13-15-6-7-17(13)10-3-4-10/h2,5-8,10H,3-4H2,1H3,(H,15,16). The zero-order valence-corrected chi connectivity index (χ0v) is 10.1. The molecule has 1 aliphatic rings. The minimum atomic E-state index is -0.367. The number of benzene rings is 1. The van der Waals surface area contributed by atoms with Crippen molar-refractivity contribution in [2.45, 2.75) is 18.9 Å². The van der Waals surface area contributed by atoms with Crippen molar-refractivity contribution in [3.8, 4) is 5.75 Å². The Bertz CT molecular complexity index is 563. The van der Waals surface area contributed by atoms with Crippen molar-refractivity contribution >= 4 is 11.6 Å². The van der Waals surface area contributed by atoms with Crippen molar-refractivity contribution < 1.29 is 9.13 Å². The van der Waals surface area contributed by atoms with Gasteiger partial charge in [-0.3, -0.25) is 0 Å². The summed E-state index contributed by atoms with van der Waals surface area (Å²) in [5, 5.41) is 3.18. The fourth-order valence-electron chi connectivity index (χ4n) is 1.92. The van der Waals surface area contributed by atoms with Gasteiger partial charge in [0.05, 0.1) is 7.11 Å².